The second-order valence-electron chi connectivity index (χ2n) is 7.73. The van der Waals surface area contributed by atoms with Crippen LogP contribution in [-0.4, -0.2) is 67.1 Å². The topological polar surface area (TPSA) is 92.5 Å². The molecular weight excluding hydrogens is 444 g/mol. The normalized spacial score (nSPS) is 14.1. The SMILES string of the molecule is CSc1nc2nc(C)c(CC(=O)Nc3ccc(C(=O)N4CCSCC4)cc3C)c(C)n2n1. The average Bonchev–Trinajstić information content (AvgIpc) is 3.21. The molecule has 10 heteroatoms. The summed E-state index contributed by atoms with van der Waals surface area (Å²) in [5, 5.41) is 8.07. The number of hydrogen-bond donors (Lipinski definition) is 1. The van der Waals surface area contributed by atoms with Crippen LogP contribution in [0.3, 0.4) is 0 Å². The molecule has 168 valence electrons. The Morgan fingerprint density at radius 1 is 1.16 bits per heavy atom. The van der Waals surface area contributed by atoms with Crippen LogP contribution in [0.15, 0.2) is 23.4 Å². The molecule has 0 spiro atoms. The first-order chi connectivity index (χ1) is 15.4. The minimum absolute atomic E-state index is 0.0503. The van der Waals surface area contributed by atoms with Gasteiger partial charge in [0.25, 0.3) is 11.7 Å². The number of fused-ring (bicyclic) bond motifs is 1. The van der Waals surface area contributed by atoms with Crippen molar-refractivity contribution in [3.8, 4) is 0 Å². The lowest BCUT2D eigenvalue weighted by molar-refractivity contribution is -0.115. The molecule has 0 saturated carbocycles. The van der Waals surface area contributed by atoms with Crippen LogP contribution in [0.25, 0.3) is 5.78 Å². The maximum Gasteiger partial charge on any atom is 0.253 e. The number of aromatic nitrogens is 4. The van der Waals surface area contributed by atoms with Gasteiger partial charge in [0.1, 0.15) is 0 Å². The third-order valence-corrected chi connectivity index (χ3v) is 7.08. The van der Waals surface area contributed by atoms with Crippen LogP contribution in [0.4, 0.5) is 5.69 Å². The number of carbonyl (C=O) groups excluding carboxylic acids is 2. The molecule has 0 aliphatic carbocycles. The molecule has 1 fully saturated rings. The average molecular weight is 471 g/mol. The smallest absolute Gasteiger partial charge is 0.253 e. The van der Waals surface area contributed by atoms with Gasteiger partial charge in [0.2, 0.25) is 11.1 Å². The zero-order valence-electron chi connectivity index (χ0n) is 18.6. The van der Waals surface area contributed by atoms with Crippen molar-refractivity contribution >= 4 is 46.8 Å². The fourth-order valence-corrected chi connectivity index (χ4v) is 5.01. The molecule has 3 aromatic rings. The van der Waals surface area contributed by atoms with Crippen LogP contribution in [0.1, 0.15) is 32.9 Å². The number of amides is 2. The second-order valence-corrected chi connectivity index (χ2v) is 9.73. The van der Waals surface area contributed by atoms with Gasteiger partial charge >= 0.3 is 0 Å². The number of benzene rings is 1. The predicted molar refractivity (Wildman–Crippen MR) is 129 cm³/mol. The van der Waals surface area contributed by atoms with E-state index in [9.17, 15) is 9.59 Å². The molecule has 4 rings (SSSR count). The lowest BCUT2D eigenvalue weighted by Gasteiger charge is -2.26. The summed E-state index contributed by atoms with van der Waals surface area (Å²) < 4.78 is 1.69. The number of nitrogens with one attached hydrogen (secondary N) is 1. The van der Waals surface area contributed by atoms with Crippen molar-refractivity contribution in [3.63, 3.8) is 0 Å². The van der Waals surface area contributed by atoms with Gasteiger partial charge < -0.3 is 10.2 Å². The molecule has 1 aromatic carbocycles. The molecule has 0 unspecified atom stereocenters. The van der Waals surface area contributed by atoms with Crippen LogP contribution in [0, 0.1) is 20.8 Å². The highest BCUT2D eigenvalue weighted by atomic mass is 32.2. The predicted octanol–water partition coefficient (Wildman–Crippen LogP) is 3.14. The van der Waals surface area contributed by atoms with Crippen LogP contribution in [-0.2, 0) is 11.2 Å². The molecule has 3 heterocycles. The van der Waals surface area contributed by atoms with Crippen molar-refractivity contribution in [2.75, 3.05) is 36.2 Å². The number of hydrogen-bond acceptors (Lipinski definition) is 7. The summed E-state index contributed by atoms with van der Waals surface area (Å²) in [6.45, 7) is 7.27. The molecule has 0 bridgehead atoms. The number of anilines is 1. The molecule has 0 atom stereocenters. The van der Waals surface area contributed by atoms with Gasteiger partial charge in [0.05, 0.1) is 6.42 Å². The largest absolute Gasteiger partial charge is 0.337 e. The first kappa shape index (κ1) is 22.6. The van der Waals surface area contributed by atoms with E-state index < -0.39 is 0 Å². The van der Waals surface area contributed by atoms with Crippen LogP contribution < -0.4 is 5.32 Å². The Morgan fingerprint density at radius 3 is 2.59 bits per heavy atom. The summed E-state index contributed by atoms with van der Waals surface area (Å²) in [6.07, 6.45) is 2.10. The summed E-state index contributed by atoms with van der Waals surface area (Å²) in [5.74, 6) is 2.40. The standard InChI is InChI=1S/C22H26N6O2S2/c1-13-11-16(20(30)27-7-9-32-10-8-27)5-6-18(13)24-19(29)12-17-14(2)23-21-25-22(31-4)26-28(21)15(17)3/h5-6,11H,7-10,12H2,1-4H3,(H,24,29). The van der Waals surface area contributed by atoms with E-state index in [2.05, 4.69) is 20.4 Å². The lowest BCUT2D eigenvalue weighted by Crippen LogP contribution is -2.37. The Labute approximate surface area is 195 Å². The van der Waals surface area contributed by atoms with Crippen LogP contribution in [0.5, 0.6) is 0 Å². The summed E-state index contributed by atoms with van der Waals surface area (Å²) in [6, 6.07) is 5.45. The van der Waals surface area contributed by atoms with E-state index in [1.165, 1.54) is 11.8 Å². The van der Waals surface area contributed by atoms with E-state index in [-0.39, 0.29) is 18.2 Å². The maximum absolute atomic E-state index is 12.8. The van der Waals surface area contributed by atoms with E-state index in [0.29, 0.717) is 22.2 Å². The number of thioether (sulfide) groups is 2. The fourth-order valence-electron chi connectivity index (χ4n) is 3.77. The number of rotatable bonds is 5. The van der Waals surface area contributed by atoms with Gasteiger partial charge in [-0.15, -0.1) is 5.10 Å². The van der Waals surface area contributed by atoms with Gasteiger partial charge in [-0.05, 0) is 50.8 Å². The van der Waals surface area contributed by atoms with Gasteiger partial charge in [0.15, 0.2) is 0 Å². The fraction of sp³-hybridized carbons (Fsp3) is 0.409. The van der Waals surface area contributed by atoms with Crippen molar-refractivity contribution in [3.05, 3.63) is 46.3 Å². The first-order valence-corrected chi connectivity index (χ1v) is 12.8. The van der Waals surface area contributed by atoms with Crippen molar-refractivity contribution in [2.45, 2.75) is 32.3 Å². The molecule has 1 aliphatic rings. The van der Waals surface area contributed by atoms with Crippen molar-refractivity contribution in [1.82, 2.24) is 24.5 Å². The molecule has 1 N–H and O–H groups in total. The zero-order valence-corrected chi connectivity index (χ0v) is 20.3. The molecule has 1 saturated heterocycles. The van der Waals surface area contributed by atoms with Gasteiger partial charge in [0, 0.05) is 52.8 Å². The van der Waals surface area contributed by atoms with E-state index >= 15 is 0 Å². The molecule has 2 amide bonds. The van der Waals surface area contributed by atoms with Crippen molar-refractivity contribution in [2.24, 2.45) is 0 Å². The van der Waals surface area contributed by atoms with Gasteiger partial charge in [-0.3, -0.25) is 9.59 Å². The Bertz CT molecular complexity index is 1190. The number of aryl methyl sites for hydroxylation is 3. The Morgan fingerprint density at radius 2 is 1.91 bits per heavy atom. The molecule has 1 aliphatic heterocycles. The zero-order chi connectivity index (χ0) is 22.8. The third kappa shape index (κ3) is 4.61. The highest BCUT2D eigenvalue weighted by Gasteiger charge is 2.20. The number of nitrogens with zero attached hydrogens (tertiary/aromatic N) is 5. The summed E-state index contributed by atoms with van der Waals surface area (Å²) in [5.41, 5.74) is 4.67. The van der Waals surface area contributed by atoms with Crippen LogP contribution >= 0.6 is 23.5 Å². The third-order valence-electron chi connectivity index (χ3n) is 5.60. The molecule has 2 aromatic heterocycles. The minimum Gasteiger partial charge on any atom is -0.337 e. The van der Waals surface area contributed by atoms with E-state index in [4.69, 9.17) is 0 Å². The maximum atomic E-state index is 12.8. The van der Waals surface area contributed by atoms with Crippen molar-refractivity contribution in [1.29, 1.82) is 0 Å². The lowest BCUT2D eigenvalue weighted by atomic mass is 10.1. The molecule has 0 radical (unpaired) electrons. The van der Waals surface area contributed by atoms with E-state index in [0.717, 1.165) is 47.1 Å². The monoisotopic (exact) mass is 470 g/mol. The Kier molecular flexibility index (Phi) is 6.71. The van der Waals surface area contributed by atoms with Gasteiger partial charge in [-0.2, -0.15) is 16.7 Å². The van der Waals surface area contributed by atoms with Gasteiger partial charge in [-0.1, -0.05) is 11.8 Å². The molecule has 8 nitrogen and oxygen atoms in total. The first-order valence-electron chi connectivity index (χ1n) is 10.4. The Balaban J connectivity index is 1.49. The molecular formula is C22H26N6O2S2. The highest BCUT2D eigenvalue weighted by molar-refractivity contribution is 7.99. The Hall–Kier alpha value is -2.59. The summed E-state index contributed by atoms with van der Waals surface area (Å²) in [7, 11) is 0. The summed E-state index contributed by atoms with van der Waals surface area (Å²) in [4.78, 5) is 36.4. The van der Waals surface area contributed by atoms with Gasteiger partial charge in [-0.25, -0.2) is 9.50 Å². The summed E-state index contributed by atoms with van der Waals surface area (Å²) >= 11 is 3.33. The van der Waals surface area contributed by atoms with E-state index in [1.807, 2.05) is 55.8 Å². The van der Waals surface area contributed by atoms with Crippen molar-refractivity contribution < 1.29 is 9.59 Å². The second kappa shape index (κ2) is 9.50. The van der Waals surface area contributed by atoms with E-state index in [1.54, 1.807) is 10.6 Å². The molecule has 32 heavy (non-hydrogen) atoms. The van der Waals surface area contributed by atoms with Crippen LogP contribution in [0.2, 0.25) is 0 Å². The highest BCUT2D eigenvalue weighted by Crippen LogP contribution is 2.21. The minimum atomic E-state index is -0.141. The quantitative estimate of drug-likeness (QED) is 0.573. The number of carbonyl (C=O) groups is 2.